The van der Waals surface area contributed by atoms with E-state index in [1.807, 2.05) is 35.7 Å². The molecule has 1 amide bonds. The summed E-state index contributed by atoms with van der Waals surface area (Å²) in [6.07, 6.45) is 5.15. The number of halogens is 1. The Morgan fingerprint density at radius 1 is 1.19 bits per heavy atom. The average molecular weight is 452 g/mol. The molecule has 0 aliphatic carbocycles. The highest BCUT2D eigenvalue weighted by molar-refractivity contribution is 7.07. The number of carbonyl (C=O) groups is 1. The highest BCUT2D eigenvalue weighted by atomic mass is 32.1. The van der Waals surface area contributed by atoms with Crippen LogP contribution in [0.3, 0.4) is 0 Å². The zero-order valence-electron chi connectivity index (χ0n) is 17.8. The topological polar surface area (TPSA) is 38.8 Å². The number of benzene rings is 2. The number of hydrogen-bond acceptors (Lipinski definition) is 4. The van der Waals surface area contributed by atoms with Gasteiger partial charge in [0.05, 0.1) is 6.10 Å². The van der Waals surface area contributed by atoms with Crippen molar-refractivity contribution < 1.29 is 18.7 Å². The molecule has 1 unspecified atom stereocenters. The van der Waals surface area contributed by atoms with Gasteiger partial charge in [-0.1, -0.05) is 24.3 Å². The highest BCUT2D eigenvalue weighted by Gasteiger charge is 2.22. The van der Waals surface area contributed by atoms with Gasteiger partial charge < -0.3 is 14.4 Å². The molecular weight excluding hydrogens is 425 g/mol. The number of rotatable bonds is 9. The van der Waals surface area contributed by atoms with Crippen LogP contribution in [0.15, 0.2) is 71.4 Å². The van der Waals surface area contributed by atoms with E-state index in [-0.39, 0.29) is 17.8 Å². The van der Waals surface area contributed by atoms with E-state index in [9.17, 15) is 9.18 Å². The second-order valence-electron chi connectivity index (χ2n) is 7.81. The summed E-state index contributed by atoms with van der Waals surface area (Å²) in [6, 6.07) is 16.1. The summed E-state index contributed by atoms with van der Waals surface area (Å²) in [5.41, 5.74) is 2.77. The number of thiophene rings is 1. The van der Waals surface area contributed by atoms with E-state index in [1.165, 1.54) is 18.2 Å². The van der Waals surface area contributed by atoms with Gasteiger partial charge in [-0.2, -0.15) is 11.3 Å². The molecule has 1 atom stereocenters. The number of amides is 1. The summed E-state index contributed by atoms with van der Waals surface area (Å²) >= 11 is 1.64. The van der Waals surface area contributed by atoms with Gasteiger partial charge in [0.2, 0.25) is 5.91 Å². The molecular formula is C26H26FNO3S. The molecule has 0 spiro atoms. The number of carbonyl (C=O) groups excluding carboxylic acids is 1. The molecule has 0 saturated carbocycles. The molecule has 2 heterocycles. The van der Waals surface area contributed by atoms with E-state index < -0.39 is 0 Å². The third-order valence-corrected chi connectivity index (χ3v) is 6.02. The van der Waals surface area contributed by atoms with Gasteiger partial charge >= 0.3 is 0 Å². The van der Waals surface area contributed by atoms with Crippen molar-refractivity contribution in [1.82, 2.24) is 4.90 Å². The Balaban J connectivity index is 1.45. The van der Waals surface area contributed by atoms with Gasteiger partial charge in [-0.3, -0.25) is 4.79 Å². The first-order chi connectivity index (χ1) is 15.7. The van der Waals surface area contributed by atoms with Crippen molar-refractivity contribution in [2.45, 2.75) is 32.1 Å². The van der Waals surface area contributed by atoms with Crippen LogP contribution in [0.5, 0.6) is 5.75 Å². The molecule has 1 aromatic heterocycles. The van der Waals surface area contributed by atoms with Crippen LogP contribution >= 0.6 is 11.3 Å². The van der Waals surface area contributed by atoms with Crippen molar-refractivity contribution in [2.24, 2.45) is 0 Å². The lowest BCUT2D eigenvalue weighted by Gasteiger charge is -2.24. The second kappa shape index (κ2) is 11.1. The van der Waals surface area contributed by atoms with Crippen LogP contribution in [0.1, 0.15) is 29.5 Å². The molecule has 1 saturated heterocycles. The van der Waals surface area contributed by atoms with Crippen molar-refractivity contribution >= 4 is 23.3 Å². The molecule has 0 N–H and O–H groups in total. The normalized spacial score (nSPS) is 15.8. The third kappa shape index (κ3) is 6.52. The molecule has 6 heteroatoms. The highest BCUT2D eigenvalue weighted by Crippen LogP contribution is 2.20. The van der Waals surface area contributed by atoms with Gasteiger partial charge in [0.15, 0.2) is 0 Å². The smallest absolute Gasteiger partial charge is 0.246 e. The summed E-state index contributed by atoms with van der Waals surface area (Å²) in [7, 11) is 0. The molecule has 0 radical (unpaired) electrons. The molecule has 2 aromatic carbocycles. The Morgan fingerprint density at radius 3 is 2.88 bits per heavy atom. The first-order valence-electron chi connectivity index (χ1n) is 10.7. The summed E-state index contributed by atoms with van der Waals surface area (Å²) in [5.74, 6) is 0.318. The lowest BCUT2D eigenvalue weighted by molar-refractivity contribution is -0.128. The Hall–Kier alpha value is -2.96. The van der Waals surface area contributed by atoms with Crippen LogP contribution < -0.4 is 4.74 Å². The fraction of sp³-hybridized carbons (Fsp3) is 0.269. The van der Waals surface area contributed by atoms with Crippen molar-refractivity contribution in [3.63, 3.8) is 0 Å². The Morgan fingerprint density at radius 2 is 2.09 bits per heavy atom. The summed E-state index contributed by atoms with van der Waals surface area (Å²) in [6.45, 7) is 2.22. The van der Waals surface area contributed by atoms with E-state index in [4.69, 9.17) is 9.47 Å². The molecule has 32 heavy (non-hydrogen) atoms. The van der Waals surface area contributed by atoms with Crippen LogP contribution in [0.2, 0.25) is 0 Å². The fourth-order valence-corrected chi connectivity index (χ4v) is 4.30. The van der Waals surface area contributed by atoms with Crippen molar-refractivity contribution in [3.8, 4) is 5.75 Å². The van der Waals surface area contributed by atoms with Crippen LogP contribution in [0, 0.1) is 5.82 Å². The van der Waals surface area contributed by atoms with Crippen molar-refractivity contribution in [1.29, 1.82) is 0 Å². The molecule has 3 aromatic rings. The van der Waals surface area contributed by atoms with Gasteiger partial charge in [0, 0.05) is 25.8 Å². The largest absolute Gasteiger partial charge is 0.489 e. The molecule has 1 aliphatic rings. The van der Waals surface area contributed by atoms with Crippen LogP contribution in [0.4, 0.5) is 4.39 Å². The molecule has 1 fully saturated rings. The number of nitrogens with zero attached hydrogens (tertiary/aromatic N) is 1. The summed E-state index contributed by atoms with van der Waals surface area (Å²) < 4.78 is 25.1. The lowest BCUT2D eigenvalue weighted by atomic mass is 10.1. The standard InChI is InChI=1S/C26H26FNO3S/c27-23-6-1-4-20(14-23)9-10-26(29)28(17-25-8-3-12-30-25)16-21-5-2-7-24(15-21)31-18-22-11-13-32-19-22/h1-2,4-7,9-11,13-15,19,25H,3,8,12,16-18H2/b10-9+. The van der Waals surface area contributed by atoms with Gasteiger partial charge in [0.25, 0.3) is 0 Å². The molecule has 4 rings (SSSR count). The van der Waals surface area contributed by atoms with E-state index in [2.05, 4.69) is 5.38 Å². The summed E-state index contributed by atoms with van der Waals surface area (Å²) in [4.78, 5) is 14.8. The van der Waals surface area contributed by atoms with Gasteiger partial charge in [-0.25, -0.2) is 4.39 Å². The maximum atomic E-state index is 13.4. The SMILES string of the molecule is O=C(/C=C/c1cccc(F)c1)N(Cc1cccc(OCc2ccsc2)c1)CC1CCCO1. The van der Waals surface area contributed by atoms with Crippen LogP contribution in [0.25, 0.3) is 6.08 Å². The Bertz CT molecular complexity index is 1040. The zero-order chi connectivity index (χ0) is 22.2. The third-order valence-electron chi connectivity index (χ3n) is 5.28. The molecule has 0 bridgehead atoms. The quantitative estimate of drug-likeness (QED) is 0.393. The predicted octanol–water partition coefficient (Wildman–Crippen LogP) is 5.69. The summed E-state index contributed by atoms with van der Waals surface area (Å²) in [5, 5.41) is 4.10. The van der Waals surface area contributed by atoms with Crippen molar-refractivity contribution in [3.05, 3.63) is 93.9 Å². The Kier molecular flexibility index (Phi) is 7.69. The second-order valence-corrected chi connectivity index (χ2v) is 8.59. The van der Waals surface area contributed by atoms with Crippen LogP contribution in [-0.4, -0.2) is 30.1 Å². The van der Waals surface area contributed by atoms with Gasteiger partial charge in [0.1, 0.15) is 18.2 Å². The zero-order valence-corrected chi connectivity index (χ0v) is 18.6. The first-order valence-corrected chi connectivity index (χ1v) is 11.7. The molecule has 166 valence electrons. The minimum atomic E-state index is -0.324. The lowest BCUT2D eigenvalue weighted by Crippen LogP contribution is -2.35. The average Bonchev–Trinajstić information content (AvgIpc) is 3.50. The van der Waals surface area contributed by atoms with E-state index in [0.29, 0.717) is 25.3 Å². The molecule has 1 aliphatic heterocycles. The van der Waals surface area contributed by atoms with Gasteiger partial charge in [-0.15, -0.1) is 0 Å². The molecule has 4 nitrogen and oxygen atoms in total. The van der Waals surface area contributed by atoms with Crippen LogP contribution in [-0.2, 0) is 22.7 Å². The van der Waals surface area contributed by atoms with Crippen molar-refractivity contribution in [2.75, 3.05) is 13.2 Å². The Labute approximate surface area is 191 Å². The number of ether oxygens (including phenoxy) is 2. The van der Waals surface area contributed by atoms with E-state index in [1.54, 1.807) is 34.4 Å². The predicted molar refractivity (Wildman–Crippen MR) is 125 cm³/mol. The fourth-order valence-electron chi connectivity index (χ4n) is 3.65. The maximum absolute atomic E-state index is 13.4. The number of hydrogen-bond donors (Lipinski definition) is 0. The first kappa shape index (κ1) is 22.2. The van der Waals surface area contributed by atoms with Gasteiger partial charge in [-0.05, 0) is 76.7 Å². The van der Waals surface area contributed by atoms with E-state index in [0.717, 1.165) is 36.3 Å². The maximum Gasteiger partial charge on any atom is 0.246 e. The minimum Gasteiger partial charge on any atom is -0.489 e. The monoisotopic (exact) mass is 451 g/mol. The minimum absolute atomic E-state index is 0.0412. The van der Waals surface area contributed by atoms with E-state index >= 15 is 0 Å².